The maximum atomic E-state index is 13.3. The molecular formula is C16H23F2NO. The van der Waals surface area contributed by atoms with Gasteiger partial charge in [-0.1, -0.05) is 13.0 Å². The van der Waals surface area contributed by atoms with Gasteiger partial charge >= 0.3 is 0 Å². The van der Waals surface area contributed by atoms with Gasteiger partial charge in [0.05, 0.1) is 0 Å². The minimum Gasteiger partial charge on any atom is -0.381 e. The summed E-state index contributed by atoms with van der Waals surface area (Å²) in [5.41, 5.74) is 0.844. The second kappa shape index (κ2) is 7.70. The molecule has 1 N–H and O–H groups in total. The van der Waals surface area contributed by atoms with Gasteiger partial charge in [0.25, 0.3) is 0 Å². The Morgan fingerprint density at radius 2 is 2.20 bits per heavy atom. The Kier molecular flexibility index (Phi) is 5.92. The van der Waals surface area contributed by atoms with E-state index >= 15 is 0 Å². The highest BCUT2D eigenvalue weighted by molar-refractivity contribution is 5.18. The molecule has 1 aromatic carbocycles. The van der Waals surface area contributed by atoms with E-state index in [1.807, 2.05) is 0 Å². The lowest BCUT2D eigenvalue weighted by Crippen LogP contribution is -2.34. The van der Waals surface area contributed by atoms with Crippen molar-refractivity contribution in [1.29, 1.82) is 0 Å². The maximum Gasteiger partial charge on any atom is 0.159 e. The summed E-state index contributed by atoms with van der Waals surface area (Å²) in [6.07, 6.45) is 3.92. The van der Waals surface area contributed by atoms with Crippen molar-refractivity contribution >= 4 is 0 Å². The zero-order valence-corrected chi connectivity index (χ0v) is 12.0. The fourth-order valence-electron chi connectivity index (χ4n) is 2.71. The van der Waals surface area contributed by atoms with Gasteiger partial charge in [0.15, 0.2) is 11.6 Å². The predicted molar refractivity (Wildman–Crippen MR) is 75.7 cm³/mol. The summed E-state index contributed by atoms with van der Waals surface area (Å²) < 4.78 is 31.6. The van der Waals surface area contributed by atoms with Crippen molar-refractivity contribution in [3.05, 3.63) is 35.4 Å². The molecule has 0 saturated carbocycles. The number of hydrogen-bond acceptors (Lipinski definition) is 2. The lowest BCUT2D eigenvalue weighted by molar-refractivity contribution is 0.181. The van der Waals surface area contributed by atoms with Gasteiger partial charge in [0.1, 0.15) is 0 Å². The third-order valence-electron chi connectivity index (χ3n) is 3.79. The van der Waals surface area contributed by atoms with E-state index in [1.54, 1.807) is 6.07 Å². The molecule has 20 heavy (non-hydrogen) atoms. The van der Waals surface area contributed by atoms with Crippen molar-refractivity contribution in [2.75, 3.05) is 19.8 Å². The molecule has 1 aliphatic rings. The van der Waals surface area contributed by atoms with E-state index < -0.39 is 11.6 Å². The van der Waals surface area contributed by atoms with Gasteiger partial charge in [-0.2, -0.15) is 0 Å². The summed E-state index contributed by atoms with van der Waals surface area (Å²) in [7, 11) is 0. The summed E-state index contributed by atoms with van der Waals surface area (Å²) in [4.78, 5) is 0. The van der Waals surface area contributed by atoms with Gasteiger partial charge in [0, 0.05) is 19.3 Å². The Bertz CT molecular complexity index is 419. The first-order chi connectivity index (χ1) is 9.69. The molecule has 2 rings (SSSR count). The molecule has 0 amide bonds. The fraction of sp³-hybridized carbons (Fsp3) is 0.625. The molecule has 112 valence electrons. The van der Waals surface area contributed by atoms with Crippen molar-refractivity contribution in [3.63, 3.8) is 0 Å². The largest absolute Gasteiger partial charge is 0.381 e. The fourth-order valence-corrected chi connectivity index (χ4v) is 2.71. The molecule has 0 aromatic heterocycles. The molecule has 0 bridgehead atoms. The topological polar surface area (TPSA) is 21.3 Å². The highest BCUT2D eigenvalue weighted by atomic mass is 19.2. The average Bonchev–Trinajstić information content (AvgIpc) is 2.93. The van der Waals surface area contributed by atoms with Crippen molar-refractivity contribution in [2.45, 2.75) is 38.6 Å². The second-order valence-electron chi connectivity index (χ2n) is 5.57. The van der Waals surface area contributed by atoms with Crippen LogP contribution in [0, 0.1) is 17.6 Å². The molecule has 1 aromatic rings. The molecule has 0 spiro atoms. The standard InChI is InChI=1S/C16H23F2NO/c1-2-6-19-14(9-13-5-7-20-11-13)8-12-3-4-15(17)16(18)10-12/h3-4,10,13-14,19H,2,5-9,11H2,1H3. The molecule has 0 radical (unpaired) electrons. The van der Waals surface area contributed by atoms with E-state index in [0.29, 0.717) is 12.0 Å². The molecule has 0 aliphatic carbocycles. The lowest BCUT2D eigenvalue weighted by Gasteiger charge is -2.21. The van der Waals surface area contributed by atoms with Crippen LogP contribution >= 0.6 is 0 Å². The van der Waals surface area contributed by atoms with Crippen LogP contribution < -0.4 is 5.32 Å². The predicted octanol–water partition coefficient (Wildman–Crippen LogP) is 3.30. The quantitative estimate of drug-likeness (QED) is 0.829. The zero-order chi connectivity index (χ0) is 14.4. The summed E-state index contributed by atoms with van der Waals surface area (Å²) in [5, 5.41) is 3.51. The monoisotopic (exact) mass is 283 g/mol. The van der Waals surface area contributed by atoms with Crippen LogP contribution in [0.4, 0.5) is 8.78 Å². The van der Waals surface area contributed by atoms with E-state index in [9.17, 15) is 8.78 Å². The Morgan fingerprint density at radius 3 is 2.85 bits per heavy atom. The van der Waals surface area contributed by atoms with Crippen molar-refractivity contribution in [1.82, 2.24) is 5.32 Å². The first-order valence-electron chi connectivity index (χ1n) is 7.44. The second-order valence-corrected chi connectivity index (χ2v) is 5.57. The molecule has 2 atom stereocenters. The third-order valence-corrected chi connectivity index (χ3v) is 3.79. The minimum absolute atomic E-state index is 0.298. The van der Waals surface area contributed by atoms with Gasteiger partial charge in [-0.05, 0) is 55.8 Å². The van der Waals surface area contributed by atoms with Gasteiger partial charge in [-0.15, -0.1) is 0 Å². The van der Waals surface area contributed by atoms with Crippen molar-refractivity contribution in [3.8, 4) is 0 Å². The molecule has 1 aliphatic heterocycles. The Morgan fingerprint density at radius 1 is 1.35 bits per heavy atom. The first-order valence-corrected chi connectivity index (χ1v) is 7.44. The van der Waals surface area contributed by atoms with Gasteiger partial charge in [-0.3, -0.25) is 0 Å². The van der Waals surface area contributed by atoms with Gasteiger partial charge < -0.3 is 10.1 Å². The van der Waals surface area contributed by atoms with E-state index in [1.165, 1.54) is 12.1 Å². The number of halogens is 2. The van der Waals surface area contributed by atoms with E-state index in [4.69, 9.17) is 4.74 Å². The summed E-state index contributed by atoms with van der Waals surface area (Å²) in [6.45, 7) is 4.74. The highest BCUT2D eigenvalue weighted by Gasteiger charge is 2.21. The van der Waals surface area contributed by atoms with Gasteiger partial charge in [0.2, 0.25) is 0 Å². The Balaban J connectivity index is 1.95. The van der Waals surface area contributed by atoms with E-state index in [-0.39, 0.29) is 0 Å². The van der Waals surface area contributed by atoms with Crippen LogP contribution in [0.15, 0.2) is 18.2 Å². The molecule has 1 heterocycles. The van der Waals surface area contributed by atoms with E-state index in [0.717, 1.165) is 51.0 Å². The molecule has 1 fully saturated rings. The van der Waals surface area contributed by atoms with Crippen LogP contribution in [-0.2, 0) is 11.2 Å². The SMILES string of the molecule is CCCNC(Cc1ccc(F)c(F)c1)CC1CCOC1. The van der Waals surface area contributed by atoms with Crippen LogP contribution in [0.3, 0.4) is 0 Å². The van der Waals surface area contributed by atoms with Crippen LogP contribution in [0.1, 0.15) is 31.7 Å². The van der Waals surface area contributed by atoms with Crippen molar-refractivity contribution in [2.24, 2.45) is 5.92 Å². The maximum absolute atomic E-state index is 13.3. The Hall–Kier alpha value is -1.00. The highest BCUT2D eigenvalue weighted by Crippen LogP contribution is 2.20. The first kappa shape index (κ1) is 15.4. The lowest BCUT2D eigenvalue weighted by atomic mass is 9.94. The zero-order valence-electron chi connectivity index (χ0n) is 12.0. The third kappa shape index (κ3) is 4.53. The van der Waals surface area contributed by atoms with Gasteiger partial charge in [-0.25, -0.2) is 8.78 Å². The smallest absolute Gasteiger partial charge is 0.159 e. The molecule has 1 saturated heterocycles. The minimum atomic E-state index is -0.781. The molecular weight excluding hydrogens is 260 g/mol. The van der Waals surface area contributed by atoms with Crippen LogP contribution in [-0.4, -0.2) is 25.8 Å². The Labute approximate surface area is 119 Å². The van der Waals surface area contributed by atoms with Crippen molar-refractivity contribution < 1.29 is 13.5 Å². The van der Waals surface area contributed by atoms with E-state index in [2.05, 4.69) is 12.2 Å². The number of ether oxygens (including phenoxy) is 1. The average molecular weight is 283 g/mol. The van der Waals surface area contributed by atoms with Crippen LogP contribution in [0.25, 0.3) is 0 Å². The number of rotatable bonds is 7. The number of benzene rings is 1. The van der Waals surface area contributed by atoms with Crippen LogP contribution in [0.5, 0.6) is 0 Å². The molecule has 2 unspecified atom stereocenters. The van der Waals surface area contributed by atoms with Crippen LogP contribution in [0.2, 0.25) is 0 Å². The summed E-state index contributed by atoms with van der Waals surface area (Å²) in [5.74, 6) is -0.966. The molecule has 4 heteroatoms. The summed E-state index contributed by atoms with van der Waals surface area (Å²) >= 11 is 0. The number of hydrogen-bond donors (Lipinski definition) is 1. The molecule has 2 nitrogen and oxygen atoms in total. The normalized spacial score (nSPS) is 20.2. The summed E-state index contributed by atoms with van der Waals surface area (Å²) in [6, 6.07) is 4.48. The number of nitrogens with one attached hydrogen (secondary N) is 1.